The van der Waals surface area contributed by atoms with Crippen molar-refractivity contribution in [3.63, 3.8) is 0 Å². The second-order valence-electron chi connectivity index (χ2n) is 2.74. The van der Waals surface area contributed by atoms with Crippen molar-refractivity contribution >= 4 is 11.0 Å². The van der Waals surface area contributed by atoms with Crippen LogP contribution in [-0.2, 0) is 0 Å². The molecule has 14 heavy (non-hydrogen) atoms. The molecule has 0 saturated heterocycles. The van der Waals surface area contributed by atoms with Crippen LogP contribution in [0.1, 0.15) is 5.76 Å². The van der Waals surface area contributed by atoms with E-state index in [4.69, 9.17) is 9.68 Å². The van der Waals surface area contributed by atoms with Crippen molar-refractivity contribution in [1.82, 2.24) is 0 Å². The molecule has 0 fully saturated rings. The van der Waals surface area contributed by atoms with E-state index in [1.54, 1.807) is 12.1 Å². The highest BCUT2D eigenvalue weighted by Gasteiger charge is 2.07. The van der Waals surface area contributed by atoms with Gasteiger partial charge in [-0.1, -0.05) is 6.07 Å². The fourth-order valence-electron chi connectivity index (χ4n) is 1.25. The maximum Gasteiger partial charge on any atom is 0.207 e. The van der Waals surface area contributed by atoms with Crippen molar-refractivity contribution in [2.45, 2.75) is 0 Å². The molecule has 0 amide bonds. The molecule has 0 bridgehead atoms. The minimum absolute atomic E-state index is 0.0619. The lowest BCUT2D eigenvalue weighted by molar-refractivity contribution is 0.479. The summed E-state index contributed by atoms with van der Waals surface area (Å²) >= 11 is 0. The van der Waals surface area contributed by atoms with Crippen LogP contribution in [0.15, 0.2) is 33.5 Å². The van der Waals surface area contributed by atoms with Crippen molar-refractivity contribution in [2.75, 3.05) is 0 Å². The van der Waals surface area contributed by atoms with Crippen LogP contribution in [0.3, 0.4) is 0 Å². The molecule has 2 aromatic rings. The molecule has 0 aliphatic carbocycles. The molecular weight excluding hydrogens is 182 g/mol. The predicted octanol–water partition coefficient (Wildman–Crippen LogP) is 1.37. The quantitative estimate of drug-likeness (QED) is 0.675. The Morgan fingerprint density at radius 3 is 2.93 bits per heavy atom. The van der Waals surface area contributed by atoms with Crippen molar-refractivity contribution in [3.8, 4) is 11.8 Å². The number of nitrogens with zero attached hydrogens (tertiary/aromatic N) is 1. The van der Waals surface area contributed by atoms with Gasteiger partial charge in [-0.2, -0.15) is 5.26 Å². The first kappa shape index (κ1) is 8.32. The number of fused-ring (bicyclic) bond motifs is 1. The van der Waals surface area contributed by atoms with Crippen LogP contribution in [0.2, 0.25) is 0 Å². The van der Waals surface area contributed by atoms with Gasteiger partial charge in [0.2, 0.25) is 5.76 Å². The van der Waals surface area contributed by atoms with E-state index in [-0.39, 0.29) is 22.5 Å². The Labute approximate surface area is 78.6 Å². The Bertz CT molecular complexity index is 592. The van der Waals surface area contributed by atoms with Gasteiger partial charge in [-0.3, -0.25) is 4.79 Å². The number of phenolic OH excluding ortho intramolecular Hbond substituents is 1. The number of hydrogen-bond acceptors (Lipinski definition) is 4. The third kappa shape index (κ3) is 1.12. The molecule has 1 aromatic carbocycles. The van der Waals surface area contributed by atoms with Crippen LogP contribution >= 0.6 is 0 Å². The summed E-state index contributed by atoms with van der Waals surface area (Å²) < 4.78 is 5.05. The zero-order chi connectivity index (χ0) is 10.1. The van der Waals surface area contributed by atoms with E-state index < -0.39 is 5.43 Å². The fourth-order valence-corrected chi connectivity index (χ4v) is 1.25. The first-order valence-corrected chi connectivity index (χ1v) is 3.88. The summed E-state index contributed by atoms with van der Waals surface area (Å²) in [5.41, 5.74) is -0.199. The van der Waals surface area contributed by atoms with E-state index in [1.165, 1.54) is 12.1 Å². The van der Waals surface area contributed by atoms with E-state index >= 15 is 0 Å². The molecule has 0 saturated carbocycles. The van der Waals surface area contributed by atoms with Crippen molar-refractivity contribution < 1.29 is 9.52 Å². The lowest BCUT2D eigenvalue weighted by atomic mass is 10.2. The summed E-state index contributed by atoms with van der Waals surface area (Å²) in [7, 11) is 0. The number of benzene rings is 1. The van der Waals surface area contributed by atoms with Crippen LogP contribution in [0, 0.1) is 11.3 Å². The minimum atomic E-state index is -0.416. The largest absolute Gasteiger partial charge is 0.507 e. The molecule has 0 unspecified atom stereocenters. The highest BCUT2D eigenvalue weighted by molar-refractivity contribution is 5.83. The Kier molecular flexibility index (Phi) is 1.72. The highest BCUT2D eigenvalue weighted by atomic mass is 16.3. The lowest BCUT2D eigenvalue weighted by Crippen LogP contribution is -2.00. The smallest absolute Gasteiger partial charge is 0.207 e. The highest BCUT2D eigenvalue weighted by Crippen LogP contribution is 2.21. The molecule has 68 valence electrons. The molecular formula is C10H5NO3. The molecule has 0 aliphatic heterocycles. The van der Waals surface area contributed by atoms with Crippen LogP contribution in [-0.4, -0.2) is 5.11 Å². The molecule has 0 spiro atoms. The van der Waals surface area contributed by atoms with Crippen LogP contribution < -0.4 is 5.43 Å². The zero-order valence-electron chi connectivity index (χ0n) is 7.02. The van der Waals surface area contributed by atoms with Gasteiger partial charge in [-0.15, -0.1) is 0 Å². The number of hydrogen-bond donors (Lipinski definition) is 1. The molecule has 4 heteroatoms. The molecule has 1 aromatic heterocycles. The van der Waals surface area contributed by atoms with Crippen LogP contribution in [0.4, 0.5) is 0 Å². The molecule has 2 rings (SSSR count). The average Bonchev–Trinajstić information content (AvgIpc) is 2.17. The summed E-state index contributed by atoms with van der Waals surface area (Å²) in [6.07, 6.45) is 0. The minimum Gasteiger partial charge on any atom is -0.507 e. The standard InChI is InChI=1S/C10H5NO3/c11-5-6-4-8(13)10-7(12)2-1-3-9(10)14-6/h1-4,12H. The van der Waals surface area contributed by atoms with E-state index in [2.05, 4.69) is 0 Å². The summed E-state index contributed by atoms with van der Waals surface area (Å²) in [4.78, 5) is 11.4. The Morgan fingerprint density at radius 1 is 1.43 bits per heavy atom. The van der Waals surface area contributed by atoms with E-state index in [0.717, 1.165) is 6.07 Å². The fraction of sp³-hybridized carbons (Fsp3) is 0. The number of nitriles is 1. The number of rotatable bonds is 0. The van der Waals surface area contributed by atoms with Gasteiger partial charge in [0.15, 0.2) is 5.43 Å². The van der Waals surface area contributed by atoms with E-state index in [9.17, 15) is 9.90 Å². The SMILES string of the molecule is N#Cc1cc(=O)c2c(O)cccc2o1. The molecule has 0 atom stereocenters. The predicted molar refractivity (Wildman–Crippen MR) is 48.9 cm³/mol. The van der Waals surface area contributed by atoms with Gasteiger partial charge >= 0.3 is 0 Å². The lowest BCUT2D eigenvalue weighted by Gasteiger charge is -1.98. The summed E-state index contributed by atoms with van der Waals surface area (Å²) in [6.45, 7) is 0. The third-order valence-electron chi connectivity index (χ3n) is 1.84. The number of aromatic hydroxyl groups is 1. The van der Waals surface area contributed by atoms with Crippen molar-refractivity contribution in [1.29, 1.82) is 5.26 Å². The summed E-state index contributed by atoms with van der Waals surface area (Å²) in [6, 6.07) is 7.25. The maximum absolute atomic E-state index is 11.4. The second kappa shape index (κ2) is 2.89. The van der Waals surface area contributed by atoms with Gasteiger partial charge in [0.25, 0.3) is 0 Å². The topological polar surface area (TPSA) is 74.2 Å². The van der Waals surface area contributed by atoms with Gasteiger partial charge in [0.05, 0.1) is 0 Å². The second-order valence-corrected chi connectivity index (χ2v) is 2.74. The molecule has 1 N–H and O–H groups in total. The van der Waals surface area contributed by atoms with Gasteiger partial charge in [-0.05, 0) is 12.1 Å². The monoisotopic (exact) mass is 187 g/mol. The average molecular weight is 187 g/mol. The van der Waals surface area contributed by atoms with Gasteiger partial charge in [0, 0.05) is 6.07 Å². The molecule has 0 aliphatic rings. The first-order chi connectivity index (χ1) is 6.72. The first-order valence-electron chi connectivity index (χ1n) is 3.88. The molecule has 1 heterocycles. The maximum atomic E-state index is 11.4. The number of phenols is 1. The molecule has 4 nitrogen and oxygen atoms in total. The Balaban J connectivity index is 2.99. The zero-order valence-corrected chi connectivity index (χ0v) is 7.02. The van der Waals surface area contributed by atoms with E-state index in [0.29, 0.717) is 0 Å². The van der Waals surface area contributed by atoms with Gasteiger partial charge in [0.1, 0.15) is 22.8 Å². The Hall–Kier alpha value is -2.28. The normalized spacial score (nSPS) is 9.93. The summed E-state index contributed by atoms with van der Waals surface area (Å²) in [5.74, 6) is -0.200. The van der Waals surface area contributed by atoms with Crippen LogP contribution in [0.5, 0.6) is 5.75 Å². The summed E-state index contributed by atoms with van der Waals surface area (Å²) in [5, 5.41) is 18.0. The Morgan fingerprint density at radius 2 is 2.21 bits per heavy atom. The van der Waals surface area contributed by atoms with Crippen LogP contribution in [0.25, 0.3) is 11.0 Å². The molecule has 0 radical (unpaired) electrons. The third-order valence-corrected chi connectivity index (χ3v) is 1.84. The van der Waals surface area contributed by atoms with Gasteiger partial charge in [-0.25, -0.2) is 0 Å². The van der Waals surface area contributed by atoms with Gasteiger partial charge < -0.3 is 9.52 Å². The van der Waals surface area contributed by atoms with Crippen molar-refractivity contribution in [3.05, 3.63) is 40.2 Å². The van der Waals surface area contributed by atoms with E-state index in [1.807, 2.05) is 0 Å². The van der Waals surface area contributed by atoms with Crippen molar-refractivity contribution in [2.24, 2.45) is 0 Å².